The van der Waals surface area contributed by atoms with Crippen LogP contribution in [0.4, 0.5) is 4.39 Å². The number of hydrogen-bond acceptors (Lipinski definition) is 4. The Morgan fingerprint density at radius 2 is 1.80 bits per heavy atom. The molecule has 0 amide bonds. The number of pyridine rings is 1. The Labute approximate surface area is 150 Å². The second-order valence-corrected chi connectivity index (χ2v) is 8.37. The average molecular weight is 349 g/mol. The van der Waals surface area contributed by atoms with Gasteiger partial charge in [0, 0.05) is 12.4 Å². The van der Waals surface area contributed by atoms with Crippen molar-refractivity contribution in [1.82, 2.24) is 4.98 Å². The smallest absolute Gasteiger partial charge is 0.398 e. The predicted molar refractivity (Wildman–Crippen MR) is 98.7 cm³/mol. The van der Waals surface area contributed by atoms with Crippen molar-refractivity contribution >= 4 is 12.7 Å². The van der Waals surface area contributed by atoms with Gasteiger partial charge in [-0.25, -0.2) is 4.39 Å². The summed E-state index contributed by atoms with van der Waals surface area (Å²) >= 11 is 0. The molecule has 1 saturated heterocycles. The summed E-state index contributed by atoms with van der Waals surface area (Å²) in [6, 6.07) is 3.63. The topological polar surface area (TPSA) is 40.6 Å². The van der Waals surface area contributed by atoms with Crippen molar-refractivity contribution in [2.75, 3.05) is 6.61 Å². The second-order valence-electron chi connectivity index (χ2n) is 8.37. The van der Waals surface area contributed by atoms with E-state index in [9.17, 15) is 0 Å². The first kappa shape index (κ1) is 20.1. The lowest BCUT2D eigenvalue weighted by Gasteiger charge is -2.32. The normalized spacial score (nSPS) is 20.6. The molecule has 6 heteroatoms. The van der Waals surface area contributed by atoms with Crippen LogP contribution in [-0.4, -0.2) is 35.5 Å². The van der Waals surface area contributed by atoms with Crippen LogP contribution >= 0.6 is 0 Å². The minimum atomic E-state index is -1.02. The Hall–Kier alpha value is -1.24. The van der Waals surface area contributed by atoms with Crippen molar-refractivity contribution in [2.24, 2.45) is 0 Å². The quantitative estimate of drug-likeness (QED) is 0.729. The zero-order valence-corrected chi connectivity index (χ0v) is 16.4. The van der Waals surface area contributed by atoms with Gasteiger partial charge in [0.1, 0.15) is 5.73 Å². The van der Waals surface area contributed by atoms with Gasteiger partial charge in [-0.05, 0) is 72.1 Å². The zero-order valence-electron chi connectivity index (χ0n) is 16.4. The minimum absolute atomic E-state index is 0.277. The van der Waals surface area contributed by atoms with Crippen LogP contribution in [0.2, 0.25) is 0 Å². The molecule has 138 valence electrons. The van der Waals surface area contributed by atoms with E-state index in [1.54, 1.807) is 18.5 Å². The number of halogens is 1. The standard InChI is InChI=1S/C19H29BFNO3/c1-17(2,3)23-12-10-15(14-9-8-11-22-13-14)16(21)20-24-18(4,5)19(6,7)25-20/h8-9,11,13H,10,12H2,1-7H3. The van der Waals surface area contributed by atoms with Crippen LogP contribution in [-0.2, 0) is 14.0 Å². The van der Waals surface area contributed by atoms with Gasteiger partial charge in [0.25, 0.3) is 0 Å². The fourth-order valence-corrected chi connectivity index (χ4v) is 2.49. The van der Waals surface area contributed by atoms with Crippen LogP contribution in [0.1, 0.15) is 60.5 Å². The Kier molecular flexibility index (Phi) is 5.76. The highest BCUT2D eigenvalue weighted by Crippen LogP contribution is 2.40. The molecule has 0 spiro atoms. The van der Waals surface area contributed by atoms with E-state index >= 15 is 4.39 Å². The number of aromatic nitrogens is 1. The van der Waals surface area contributed by atoms with E-state index in [0.29, 0.717) is 24.2 Å². The molecule has 4 nitrogen and oxygen atoms in total. The molecule has 0 saturated carbocycles. The van der Waals surface area contributed by atoms with Gasteiger partial charge in [-0.1, -0.05) is 6.07 Å². The summed E-state index contributed by atoms with van der Waals surface area (Å²) in [5, 5.41) is 0. The number of hydrogen-bond donors (Lipinski definition) is 0. The first-order valence-electron chi connectivity index (χ1n) is 8.71. The van der Waals surface area contributed by atoms with Gasteiger partial charge >= 0.3 is 7.12 Å². The molecule has 0 bridgehead atoms. The summed E-state index contributed by atoms with van der Waals surface area (Å²) in [5.74, 6) is 0. The highest BCUT2D eigenvalue weighted by molar-refractivity contribution is 6.55. The van der Waals surface area contributed by atoms with E-state index in [-0.39, 0.29) is 5.60 Å². The monoisotopic (exact) mass is 349 g/mol. The summed E-state index contributed by atoms with van der Waals surface area (Å²) in [4.78, 5) is 4.11. The number of rotatable bonds is 5. The average Bonchev–Trinajstić information content (AvgIpc) is 2.71. The fourth-order valence-electron chi connectivity index (χ4n) is 2.49. The number of nitrogens with zero attached hydrogens (tertiary/aromatic N) is 1. The van der Waals surface area contributed by atoms with Crippen molar-refractivity contribution in [2.45, 2.75) is 71.7 Å². The molecule has 1 aromatic rings. The molecular formula is C19H29BFNO3. The van der Waals surface area contributed by atoms with Gasteiger partial charge in [-0.2, -0.15) is 0 Å². The van der Waals surface area contributed by atoms with Crippen molar-refractivity contribution in [3.8, 4) is 0 Å². The molecule has 2 heterocycles. The van der Waals surface area contributed by atoms with Crippen LogP contribution in [0.25, 0.3) is 5.57 Å². The minimum Gasteiger partial charge on any atom is -0.398 e. The maximum atomic E-state index is 15.3. The molecule has 0 aliphatic carbocycles. The lowest BCUT2D eigenvalue weighted by Crippen LogP contribution is -2.41. The van der Waals surface area contributed by atoms with Crippen LogP contribution in [0.5, 0.6) is 0 Å². The third-order valence-corrected chi connectivity index (χ3v) is 4.65. The first-order chi connectivity index (χ1) is 11.4. The van der Waals surface area contributed by atoms with Gasteiger partial charge in [0.2, 0.25) is 0 Å². The van der Waals surface area contributed by atoms with Crippen molar-refractivity contribution in [3.63, 3.8) is 0 Å². The third kappa shape index (κ3) is 4.90. The maximum absolute atomic E-state index is 15.3. The molecule has 1 fully saturated rings. The molecule has 1 aliphatic rings. The zero-order chi connectivity index (χ0) is 18.9. The summed E-state index contributed by atoms with van der Waals surface area (Å²) in [5.41, 5.74) is -0.637. The lowest BCUT2D eigenvalue weighted by atomic mass is 9.82. The summed E-state index contributed by atoms with van der Waals surface area (Å²) in [6.45, 7) is 14.0. The molecule has 2 rings (SSSR count). The SMILES string of the molecule is CC(C)(C)OCCC(=C(F)B1OC(C)(C)C(C)(C)O1)c1cccnc1. The Bertz CT molecular complexity index is 607. The number of ether oxygens (including phenoxy) is 1. The largest absolute Gasteiger partial charge is 0.525 e. The van der Waals surface area contributed by atoms with Gasteiger partial charge in [0.05, 0.1) is 23.4 Å². The van der Waals surface area contributed by atoms with Crippen LogP contribution in [0.3, 0.4) is 0 Å². The Morgan fingerprint density at radius 1 is 1.20 bits per heavy atom. The molecule has 0 N–H and O–H groups in total. The summed E-state index contributed by atoms with van der Waals surface area (Å²) in [7, 11) is -1.02. The van der Waals surface area contributed by atoms with Crippen molar-refractivity contribution in [3.05, 3.63) is 35.8 Å². The molecule has 0 atom stereocenters. The van der Waals surface area contributed by atoms with Crippen LogP contribution in [0, 0.1) is 0 Å². The Balaban J connectivity index is 2.29. The molecule has 25 heavy (non-hydrogen) atoms. The van der Waals surface area contributed by atoms with E-state index in [1.807, 2.05) is 54.5 Å². The summed E-state index contributed by atoms with van der Waals surface area (Å²) < 4.78 is 32.8. The Morgan fingerprint density at radius 3 is 2.28 bits per heavy atom. The molecule has 0 unspecified atom stereocenters. The second kappa shape index (κ2) is 7.18. The van der Waals surface area contributed by atoms with Crippen molar-refractivity contribution in [1.29, 1.82) is 0 Å². The van der Waals surface area contributed by atoms with Gasteiger partial charge in [-0.15, -0.1) is 0 Å². The van der Waals surface area contributed by atoms with E-state index in [0.717, 1.165) is 0 Å². The van der Waals surface area contributed by atoms with Crippen LogP contribution in [0.15, 0.2) is 30.3 Å². The molecule has 0 aromatic carbocycles. The van der Waals surface area contributed by atoms with E-state index in [4.69, 9.17) is 14.0 Å². The molecular weight excluding hydrogens is 320 g/mol. The van der Waals surface area contributed by atoms with Crippen molar-refractivity contribution < 1.29 is 18.4 Å². The van der Waals surface area contributed by atoms with Gasteiger partial charge < -0.3 is 14.0 Å². The first-order valence-corrected chi connectivity index (χ1v) is 8.71. The highest BCUT2D eigenvalue weighted by Gasteiger charge is 2.53. The molecule has 1 aliphatic heterocycles. The van der Waals surface area contributed by atoms with E-state index in [1.165, 1.54) is 0 Å². The fraction of sp³-hybridized carbons (Fsp3) is 0.632. The van der Waals surface area contributed by atoms with Crippen LogP contribution < -0.4 is 0 Å². The van der Waals surface area contributed by atoms with Gasteiger partial charge in [-0.3, -0.25) is 4.98 Å². The maximum Gasteiger partial charge on any atom is 0.525 e. The van der Waals surface area contributed by atoms with E-state index in [2.05, 4.69) is 4.98 Å². The lowest BCUT2D eigenvalue weighted by molar-refractivity contribution is 0.000563. The predicted octanol–water partition coefficient (Wildman–Crippen LogP) is 4.60. The molecule has 1 aromatic heterocycles. The van der Waals surface area contributed by atoms with Gasteiger partial charge in [0.15, 0.2) is 0 Å². The third-order valence-electron chi connectivity index (χ3n) is 4.65. The molecule has 0 radical (unpaired) electrons. The van der Waals surface area contributed by atoms with E-state index < -0.39 is 24.0 Å². The summed E-state index contributed by atoms with van der Waals surface area (Å²) in [6.07, 6.45) is 3.73. The highest BCUT2D eigenvalue weighted by atomic mass is 19.1.